The maximum atomic E-state index is 12.4. The Hall–Kier alpha value is -2.34. The van der Waals surface area contributed by atoms with Crippen LogP contribution in [0.15, 0.2) is 47.4 Å². The maximum Gasteiger partial charge on any atom is 0.261 e. The van der Waals surface area contributed by atoms with Gasteiger partial charge in [0, 0.05) is 11.3 Å². The van der Waals surface area contributed by atoms with Gasteiger partial charge in [-0.25, -0.2) is 8.42 Å². The summed E-state index contributed by atoms with van der Waals surface area (Å²) in [6.07, 6.45) is 0.182. The van der Waals surface area contributed by atoms with Gasteiger partial charge in [0.25, 0.3) is 10.0 Å². The monoisotopic (exact) mass is 302 g/mol. The number of fused-ring (bicyclic) bond motifs is 1. The third kappa shape index (κ3) is 2.62. The zero-order valence-electron chi connectivity index (χ0n) is 11.4. The van der Waals surface area contributed by atoms with Gasteiger partial charge in [0.2, 0.25) is 5.91 Å². The van der Waals surface area contributed by atoms with E-state index >= 15 is 0 Å². The van der Waals surface area contributed by atoms with Crippen LogP contribution in [-0.2, 0) is 21.2 Å². The molecule has 0 saturated carbocycles. The van der Waals surface area contributed by atoms with E-state index in [1.807, 2.05) is 6.92 Å². The van der Waals surface area contributed by atoms with Crippen LogP contribution in [0.2, 0.25) is 0 Å². The smallest absolute Gasteiger partial charge is 0.261 e. The number of nitrogens with one attached hydrogen (secondary N) is 2. The number of benzene rings is 2. The van der Waals surface area contributed by atoms with E-state index in [4.69, 9.17) is 0 Å². The van der Waals surface area contributed by atoms with Crippen molar-refractivity contribution in [3.63, 3.8) is 0 Å². The van der Waals surface area contributed by atoms with E-state index in [2.05, 4.69) is 10.0 Å². The largest absolute Gasteiger partial charge is 0.325 e. The lowest BCUT2D eigenvalue weighted by molar-refractivity contribution is -0.115. The predicted octanol–water partition coefficient (Wildman–Crippen LogP) is 2.29. The van der Waals surface area contributed by atoms with Crippen LogP contribution in [0, 0.1) is 6.92 Å². The molecule has 2 N–H and O–H groups in total. The van der Waals surface area contributed by atoms with Crippen molar-refractivity contribution in [2.24, 2.45) is 0 Å². The highest BCUT2D eigenvalue weighted by molar-refractivity contribution is 7.92. The molecule has 108 valence electrons. The fraction of sp³-hybridized carbons (Fsp3) is 0.133. The van der Waals surface area contributed by atoms with Gasteiger partial charge < -0.3 is 5.32 Å². The van der Waals surface area contributed by atoms with Crippen molar-refractivity contribution in [1.29, 1.82) is 0 Å². The minimum Gasteiger partial charge on any atom is -0.325 e. The van der Waals surface area contributed by atoms with Crippen LogP contribution in [-0.4, -0.2) is 14.3 Å². The maximum absolute atomic E-state index is 12.4. The first kappa shape index (κ1) is 13.6. The van der Waals surface area contributed by atoms with Gasteiger partial charge in [-0.2, -0.15) is 0 Å². The Morgan fingerprint density at radius 3 is 2.52 bits per heavy atom. The van der Waals surface area contributed by atoms with Gasteiger partial charge in [-0.3, -0.25) is 9.52 Å². The Morgan fingerprint density at radius 2 is 1.81 bits per heavy atom. The molecule has 0 aliphatic carbocycles. The summed E-state index contributed by atoms with van der Waals surface area (Å²) in [6.45, 7) is 1.89. The number of carbonyl (C=O) groups is 1. The third-order valence-electron chi connectivity index (χ3n) is 3.36. The molecule has 0 bridgehead atoms. The fourth-order valence-corrected chi connectivity index (χ4v) is 3.36. The third-order valence-corrected chi connectivity index (χ3v) is 4.74. The van der Waals surface area contributed by atoms with Gasteiger partial charge >= 0.3 is 0 Å². The summed E-state index contributed by atoms with van der Waals surface area (Å²) in [5.74, 6) is -0.132. The van der Waals surface area contributed by atoms with E-state index in [0.29, 0.717) is 16.9 Å². The van der Waals surface area contributed by atoms with Crippen LogP contribution in [0.1, 0.15) is 11.1 Å². The fourth-order valence-electron chi connectivity index (χ4n) is 2.27. The topological polar surface area (TPSA) is 75.3 Å². The minimum atomic E-state index is -3.66. The molecular weight excluding hydrogens is 288 g/mol. The van der Waals surface area contributed by atoms with Crippen LogP contribution < -0.4 is 10.0 Å². The van der Waals surface area contributed by atoms with Crippen LogP contribution in [0.4, 0.5) is 11.4 Å². The number of hydrogen-bond acceptors (Lipinski definition) is 3. The molecule has 3 rings (SSSR count). The summed E-state index contributed by atoms with van der Waals surface area (Å²) in [7, 11) is -3.66. The lowest BCUT2D eigenvalue weighted by Crippen LogP contribution is -2.14. The second kappa shape index (κ2) is 4.89. The van der Waals surface area contributed by atoms with Crippen LogP contribution in [0.3, 0.4) is 0 Å². The molecule has 0 radical (unpaired) electrons. The molecular formula is C15H14N2O3S. The predicted molar refractivity (Wildman–Crippen MR) is 80.8 cm³/mol. The summed E-state index contributed by atoms with van der Waals surface area (Å²) in [5, 5.41) is 2.70. The first-order chi connectivity index (χ1) is 9.95. The Morgan fingerprint density at radius 1 is 1.10 bits per heavy atom. The molecule has 0 fully saturated rings. The molecule has 0 atom stereocenters. The Balaban J connectivity index is 1.96. The molecule has 1 amide bonds. The first-order valence-electron chi connectivity index (χ1n) is 6.47. The van der Waals surface area contributed by atoms with Gasteiger partial charge in [-0.05, 0) is 31.2 Å². The van der Waals surface area contributed by atoms with Crippen molar-refractivity contribution in [2.45, 2.75) is 18.2 Å². The number of hydrogen-bond donors (Lipinski definition) is 2. The van der Waals surface area contributed by atoms with Crippen molar-refractivity contribution >= 4 is 27.3 Å². The zero-order chi connectivity index (χ0) is 15.0. The highest BCUT2D eigenvalue weighted by atomic mass is 32.2. The molecule has 2 aromatic carbocycles. The van der Waals surface area contributed by atoms with Gasteiger partial charge in [-0.15, -0.1) is 0 Å². The number of carbonyl (C=O) groups excluding carboxylic acids is 1. The van der Waals surface area contributed by atoms with Crippen molar-refractivity contribution in [2.75, 3.05) is 10.0 Å². The minimum absolute atomic E-state index is 0.132. The van der Waals surface area contributed by atoms with E-state index in [0.717, 1.165) is 5.56 Å². The number of rotatable bonds is 3. The first-order valence-corrected chi connectivity index (χ1v) is 7.95. The second-order valence-electron chi connectivity index (χ2n) is 4.98. The quantitative estimate of drug-likeness (QED) is 0.913. The van der Waals surface area contributed by atoms with Crippen LogP contribution >= 0.6 is 0 Å². The summed E-state index contributed by atoms with van der Waals surface area (Å²) >= 11 is 0. The van der Waals surface area contributed by atoms with Gasteiger partial charge in [0.15, 0.2) is 0 Å². The van der Waals surface area contributed by atoms with Gasteiger partial charge in [-0.1, -0.05) is 23.8 Å². The Labute approximate surface area is 123 Å². The van der Waals surface area contributed by atoms with E-state index < -0.39 is 10.0 Å². The number of amides is 1. The van der Waals surface area contributed by atoms with Crippen LogP contribution in [0.5, 0.6) is 0 Å². The van der Waals surface area contributed by atoms with Crippen molar-refractivity contribution in [1.82, 2.24) is 0 Å². The van der Waals surface area contributed by atoms with E-state index in [-0.39, 0.29) is 17.2 Å². The average molecular weight is 302 g/mol. The van der Waals surface area contributed by atoms with Gasteiger partial charge in [0.05, 0.1) is 17.0 Å². The van der Waals surface area contributed by atoms with Crippen molar-refractivity contribution in [3.05, 3.63) is 53.6 Å². The lowest BCUT2D eigenvalue weighted by Gasteiger charge is -2.11. The van der Waals surface area contributed by atoms with Crippen LogP contribution in [0.25, 0.3) is 0 Å². The summed E-state index contributed by atoms with van der Waals surface area (Å²) in [6, 6.07) is 11.7. The summed E-state index contributed by atoms with van der Waals surface area (Å²) < 4.78 is 27.3. The molecule has 1 heterocycles. The number of aryl methyl sites for hydroxylation is 1. The Bertz CT molecular complexity index is 811. The highest BCUT2D eigenvalue weighted by Crippen LogP contribution is 2.31. The zero-order valence-corrected chi connectivity index (χ0v) is 12.2. The molecule has 1 aliphatic rings. The second-order valence-corrected chi connectivity index (χ2v) is 6.66. The molecule has 0 aromatic heterocycles. The van der Waals surface area contributed by atoms with Crippen molar-refractivity contribution in [3.8, 4) is 0 Å². The van der Waals surface area contributed by atoms with Crippen molar-refractivity contribution < 1.29 is 13.2 Å². The molecule has 21 heavy (non-hydrogen) atoms. The molecule has 0 saturated heterocycles. The lowest BCUT2D eigenvalue weighted by atomic mass is 10.1. The molecule has 0 spiro atoms. The van der Waals surface area contributed by atoms with E-state index in [1.165, 1.54) is 0 Å². The molecule has 6 heteroatoms. The average Bonchev–Trinajstić information content (AvgIpc) is 2.80. The Kier molecular flexibility index (Phi) is 3.17. The molecule has 1 aliphatic heterocycles. The van der Waals surface area contributed by atoms with E-state index in [9.17, 15) is 13.2 Å². The van der Waals surface area contributed by atoms with Gasteiger partial charge in [0.1, 0.15) is 0 Å². The SMILES string of the molecule is Cc1ccc(S(=O)(=O)Nc2cccc3c2CC(=O)N3)cc1. The molecule has 5 nitrogen and oxygen atoms in total. The molecule has 0 unspecified atom stereocenters. The number of sulfonamides is 1. The summed E-state index contributed by atoms with van der Waals surface area (Å²) in [5.41, 5.74) is 2.76. The number of anilines is 2. The summed E-state index contributed by atoms with van der Waals surface area (Å²) in [4.78, 5) is 11.6. The standard InChI is InChI=1S/C15H14N2O3S/c1-10-5-7-11(8-6-10)21(19,20)17-14-4-2-3-13-12(14)9-15(18)16-13/h2-8,17H,9H2,1H3,(H,16,18). The molecule has 2 aromatic rings. The highest BCUT2D eigenvalue weighted by Gasteiger charge is 2.23. The normalized spacial score (nSPS) is 13.7. The van der Waals surface area contributed by atoms with E-state index in [1.54, 1.807) is 42.5 Å².